The van der Waals surface area contributed by atoms with Gasteiger partial charge in [0.2, 0.25) is 5.91 Å². The van der Waals surface area contributed by atoms with Crippen LogP contribution >= 0.6 is 0 Å². The molecule has 0 bridgehead atoms. The molecule has 1 aromatic carbocycles. The number of amides is 1. The Morgan fingerprint density at radius 1 is 1.28 bits per heavy atom. The maximum Gasteiger partial charge on any atom is 0.244 e. The standard InChI is InChI=1S/C14H20N2O2/c1-3-15-10-11-16-14(17)9-6-12-4-7-13(18-2)8-5-12/h4-9,15H,3,10-11H2,1-2H3,(H,16,17). The van der Waals surface area contributed by atoms with Gasteiger partial charge in [-0.25, -0.2) is 0 Å². The molecule has 0 radical (unpaired) electrons. The summed E-state index contributed by atoms with van der Waals surface area (Å²) in [6.45, 7) is 4.38. The third-order valence-corrected chi connectivity index (χ3v) is 2.39. The molecule has 0 unspecified atom stereocenters. The summed E-state index contributed by atoms with van der Waals surface area (Å²) in [5.74, 6) is 0.728. The zero-order valence-corrected chi connectivity index (χ0v) is 10.9. The second-order valence-corrected chi connectivity index (χ2v) is 3.75. The molecule has 0 aromatic heterocycles. The summed E-state index contributed by atoms with van der Waals surface area (Å²) in [6, 6.07) is 7.54. The average Bonchev–Trinajstić information content (AvgIpc) is 2.42. The summed E-state index contributed by atoms with van der Waals surface area (Å²) in [7, 11) is 1.63. The van der Waals surface area contributed by atoms with Crippen LogP contribution in [0.4, 0.5) is 0 Å². The van der Waals surface area contributed by atoms with Crippen molar-refractivity contribution in [2.24, 2.45) is 0 Å². The number of rotatable bonds is 7. The lowest BCUT2D eigenvalue weighted by Crippen LogP contribution is -2.30. The lowest BCUT2D eigenvalue weighted by molar-refractivity contribution is -0.116. The molecule has 2 N–H and O–H groups in total. The molecular formula is C14H20N2O2. The molecule has 0 aliphatic rings. The van der Waals surface area contributed by atoms with Crippen LogP contribution in [0, 0.1) is 0 Å². The van der Waals surface area contributed by atoms with Crippen molar-refractivity contribution in [1.82, 2.24) is 10.6 Å². The van der Waals surface area contributed by atoms with E-state index in [2.05, 4.69) is 10.6 Å². The SMILES string of the molecule is CCNCCNC(=O)C=Cc1ccc(OC)cc1. The van der Waals surface area contributed by atoms with Crippen molar-refractivity contribution >= 4 is 12.0 Å². The van der Waals surface area contributed by atoms with Crippen LogP contribution in [0.25, 0.3) is 6.08 Å². The van der Waals surface area contributed by atoms with E-state index in [1.807, 2.05) is 31.2 Å². The molecule has 0 aliphatic heterocycles. The van der Waals surface area contributed by atoms with Crippen molar-refractivity contribution in [2.45, 2.75) is 6.92 Å². The number of carbonyl (C=O) groups excluding carboxylic acids is 1. The third-order valence-electron chi connectivity index (χ3n) is 2.39. The number of carbonyl (C=O) groups is 1. The van der Waals surface area contributed by atoms with Gasteiger partial charge in [0, 0.05) is 19.2 Å². The fourth-order valence-corrected chi connectivity index (χ4v) is 1.40. The fraction of sp³-hybridized carbons (Fsp3) is 0.357. The second kappa shape index (κ2) is 8.31. The fourth-order valence-electron chi connectivity index (χ4n) is 1.40. The molecule has 4 nitrogen and oxygen atoms in total. The molecule has 0 spiro atoms. The van der Waals surface area contributed by atoms with Crippen molar-refractivity contribution in [3.05, 3.63) is 35.9 Å². The molecule has 0 saturated carbocycles. The van der Waals surface area contributed by atoms with E-state index in [4.69, 9.17) is 4.74 Å². The Balaban J connectivity index is 2.35. The van der Waals surface area contributed by atoms with E-state index in [0.29, 0.717) is 6.54 Å². The molecule has 18 heavy (non-hydrogen) atoms. The molecule has 1 rings (SSSR count). The minimum absolute atomic E-state index is 0.0799. The second-order valence-electron chi connectivity index (χ2n) is 3.75. The number of ether oxygens (including phenoxy) is 1. The van der Waals surface area contributed by atoms with Crippen LogP contribution in [-0.2, 0) is 4.79 Å². The Morgan fingerprint density at radius 3 is 2.61 bits per heavy atom. The van der Waals surface area contributed by atoms with Crippen LogP contribution in [0.1, 0.15) is 12.5 Å². The summed E-state index contributed by atoms with van der Waals surface area (Å²) >= 11 is 0. The number of nitrogens with one attached hydrogen (secondary N) is 2. The lowest BCUT2D eigenvalue weighted by atomic mass is 10.2. The van der Waals surface area contributed by atoms with Crippen molar-refractivity contribution < 1.29 is 9.53 Å². The normalized spacial score (nSPS) is 10.6. The van der Waals surface area contributed by atoms with E-state index in [-0.39, 0.29) is 5.91 Å². The van der Waals surface area contributed by atoms with Gasteiger partial charge < -0.3 is 15.4 Å². The zero-order valence-electron chi connectivity index (χ0n) is 10.9. The van der Waals surface area contributed by atoms with Crippen molar-refractivity contribution in [2.75, 3.05) is 26.7 Å². The molecule has 0 atom stereocenters. The molecule has 0 aliphatic carbocycles. The summed E-state index contributed by atoms with van der Waals surface area (Å²) < 4.78 is 5.06. The van der Waals surface area contributed by atoms with Gasteiger partial charge in [-0.15, -0.1) is 0 Å². The van der Waals surface area contributed by atoms with E-state index in [9.17, 15) is 4.79 Å². The first-order valence-electron chi connectivity index (χ1n) is 6.07. The van der Waals surface area contributed by atoms with Crippen LogP contribution in [0.15, 0.2) is 30.3 Å². The largest absolute Gasteiger partial charge is 0.497 e. The van der Waals surface area contributed by atoms with E-state index in [0.717, 1.165) is 24.4 Å². The number of methoxy groups -OCH3 is 1. The van der Waals surface area contributed by atoms with Crippen molar-refractivity contribution in [3.63, 3.8) is 0 Å². The van der Waals surface area contributed by atoms with Crippen LogP contribution in [0.3, 0.4) is 0 Å². The monoisotopic (exact) mass is 248 g/mol. The zero-order chi connectivity index (χ0) is 13.2. The number of hydrogen-bond donors (Lipinski definition) is 2. The van der Waals surface area contributed by atoms with Crippen LogP contribution in [-0.4, -0.2) is 32.7 Å². The number of benzene rings is 1. The molecule has 98 valence electrons. The van der Waals surface area contributed by atoms with Gasteiger partial charge in [0.15, 0.2) is 0 Å². The highest BCUT2D eigenvalue weighted by Gasteiger charge is 1.94. The molecule has 0 saturated heterocycles. The van der Waals surface area contributed by atoms with Gasteiger partial charge in [-0.3, -0.25) is 4.79 Å². The smallest absolute Gasteiger partial charge is 0.244 e. The van der Waals surface area contributed by atoms with Crippen molar-refractivity contribution in [1.29, 1.82) is 0 Å². The highest BCUT2D eigenvalue weighted by atomic mass is 16.5. The van der Waals surface area contributed by atoms with E-state index >= 15 is 0 Å². The van der Waals surface area contributed by atoms with Gasteiger partial charge in [0.05, 0.1) is 7.11 Å². The minimum atomic E-state index is -0.0799. The summed E-state index contributed by atoms with van der Waals surface area (Å²) in [5, 5.41) is 5.93. The lowest BCUT2D eigenvalue weighted by Gasteiger charge is -2.02. The summed E-state index contributed by atoms with van der Waals surface area (Å²) in [5.41, 5.74) is 0.970. The Hall–Kier alpha value is -1.81. The Kier molecular flexibility index (Phi) is 6.58. The van der Waals surface area contributed by atoms with Crippen LogP contribution < -0.4 is 15.4 Å². The topological polar surface area (TPSA) is 50.4 Å². The minimum Gasteiger partial charge on any atom is -0.497 e. The predicted octanol–water partition coefficient (Wildman–Crippen LogP) is 1.43. The Bertz CT molecular complexity index is 385. The third kappa shape index (κ3) is 5.50. The van der Waals surface area contributed by atoms with Gasteiger partial charge in [0.1, 0.15) is 5.75 Å². The first-order chi connectivity index (χ1) is 8.76. The van der Waals surface area contributed by atoms with Crippen LogP contribution in [0.5, 0.6) is 5.75 Å². The molecule has 4 heteroatoms. The van der Waals surface area contributed by atoms with Gasteiger partial charge in [-0.1, -0.05) is 19.1 Å². The molecule has 0 fully saturated rings. The maximum atomic E-state index is 11.5. The van der Waals surface area contributed by atoms with E-state index in [1.54, 1.807) is 13.2 Å². The first-order valence-corrected chi connectivity index (χ1v) is 6.07. The van der Waals surface area contributed by atoms with Gasteiger partial charge in [0.25, 0.3) is 0 Å². The highest BCUT2D eigenvalue weighted by molar-refractivity contribution is 5.91. The van der Waals surface area contributed by atoms with Crippen molar-refractivity contribution in [3.8, 4) is 5.75 Å². The maximum absolute atomic E-state index is 11.5. The molecule has 1 aromatic rings. The Labute approximate surface area is 108 Å². The predicted molar refractivity (Wildman–Crippen MR) is 73.6 cm³/mol. The summed E-state index contributed by atoms with van der Waals surface area (Å²) in [6.07, 6.45) is 3.32. The average molecular weight is 248 g/mol. The molecule has 0 heterocycles. The first kappa shape index (κ1) is 14.3. The van der Waals surface area contributed by atoms with Crippen LogP contribution in [0.2, 0.25) is 0 Å². The molecule has 1 amide bonds. The van der Waals surface area contributed by atoms with E-state index in [1.165, 1.54) is 6.08 Å². The summed E-state index contributed by atoms with van der Waals surface area (Å²) in [4.78, 5) is 11.5. The quantitative estimate of drug-likeness (QED) is 0.567. The Morgan fingerprint density at radius 2 is 2.00 bits per heavy atom. The molecular weight excluding hydrogens is 228 g/mol. The highest BCUT2D eigenvalue weighted by Crippen LogP contribution is 2.11. The number of likely N-dealkylation sites (N-methyl/N-ethyl adjacent to an activating group) is 1. The number of hydrogen-bond acceptors (Lipinski definition) is 3. The van der Waals surface area contributed by atoms with Gasteiger partial charge in [-0.05, 0) is 30.3 Å². The van der Waals surface area contributed by atoms with Gasteiger partial charge >= 0.3 is 0 Å². The van der Waals surface area contributed by atoms with Gasteiger partial charge in [-0.2, -0.15) is 0 Å². The van der Waals surface area contributed by atoms with E-state index < -0.39 is 0 Å².